The normalized spacial score (nSPS) is 10.9. The zero-order valence-corrected chi connectivity index (χ0v) is 18.4. The summed E-state index contributed by atoms with van der Waals surface area (Å²) in [6.45, 7) is 4.26. The number of nitrogens with zero attached hydrogens (tertiary/aromatic N) is 3. The van der Waals surface area contributed by atoms with E-state index >= 15 is 0 Å². The van der Waals surface area contributed by atoms with Crippen molar-refractivity contribution >= 4 is 28.6 Å². The van der Waals surface area contributed by atoms with Crippen LogP contribution in [0.3, 0.4) is 0 Å². The average Bonchev–Trinajstić information content (AvgIpc) is 2.76. The molecule has 7 heteroatoms. The van der Waals surface area contributed by atoms with Crippen LogP contribution in [0.1, 0.15) is 27.3 Å². The fraction of sp³-hybridized carbons (Fsp3) is 0.167. The van der Waals surface area contributed by atoms with Crippen molar-refractivity contribution in [2.75, 3.05) is 7.05 Å². The molecule has 1 amide bonds. The van der Waals surface area contributed by atoms with Crippen molar-refractivity contribution in [2.24, 2.45) is 0 Å². The molecule has 0 aliphatic rings. The maximum Gasteiger partial charge on any atom is 0.258 e. The summed E-state index contributed by atoms with van der Waals surface area (Å²) < 4.78 is 0. The van der Waals surface area contributed by atoms with Crippen molar-refractivity contribution in [1.29, 1.82) is 0 Å². The van der Waals surface area contributed by atoms with E-state index in [0.29, 0.717) is 27.3 Å². The van der Waals surface area contributed by atoms with Gasteiger partial charge in [0.25, 0.3) is 11.5 Å². The molecule has 0 radical (unpaired) electrons. The number of fused-ring (bicyclic) bond motifs is 1. The van der Waals surface area contributed by atoms with Crippen LogP contribution in [0.25, 0.3) is 10.9 Å². The van der Waals surface area contributed by atoms with Gasteiger partial charge in [-0.05, 0) is 55.3 Å². The Morgan fingerprint density at radius 2 is 1.90 bits per heavy atom. The van der Waals surface area contributed by atoms with Crippen LogP contribution in [-0.2, 0) is 6.54 Å². The number of H-pyrrole nitrogens is 1. The molecule has 0 unspecified atom stereocenters. The van der Waals surface area contributed by atoms with E-state index in [4.69, 9.17) is 0 Å². The fourth-order valence-electron chi connectivity index (χ4n) is 3.27. The molecule has 0 saturated heterocycles. The van der Waals surface area contributed by atoms with E-state index in [1.54, 1.807) is 43.6 Å². The maximum atomic E-state index is 13.2. The van der Waals surface area contributed by atoms with Crippen LogP contribution in [0, 0.1) is 13.8 Å². The number of rotatable bonds is 5. The lowest BCUT2D eigenvalue weighted by atomic mass is 10.2. The van der Waals surface area contributed by atoms with Crippen LogP contribution < -0.4 is 5.56 Å². The first kappa shape index (κ1) is 20.8. The number of carbonyl (C=O) groups excluding carboxylic acids is 1. The van der Waals surface area contributed by atoms with E-state index in [1.807, 2.05) is 19.9 Å². The molecule has 0 atom stereocenters. The summed E-state index contributed by atoms with van der Waals surface area (Å²) in [6.07, 6.45) is 1.69. The second-order valence-corrected chi connectivity index (χ2v) is 8.45. The third kappa shape index (κ3) is 4.51. The SMILES string of the molecule is Cc1ccc(C)c(Sc2ncccc2C(=O)N(C)Cc2nc3ccccc3c(=O)[nH]2)c1. The molecule has 0 bridgehead atoms. The molecule has 0 spiro atoms. The minimum absolute atomic E-state index is 0.182. The molecule has 2 aromatic heterocycles. The van der Waals surface area contributed by atoms with Crippen molar-refractivity contribution in [3.8, 4) is 0 Å². The summed E-state index contributed by atoms with van der Waals surface area (Å²) in [5.41, 5.74) is 3.19. The Bertz CT molecular complexity index is 1330. The fourth-order valence-corrected chi connectivity index (χ4v) is 4.33. The van der Waals surface area contributed by atoms with E-state index in [0.717, 1.165) is 16.0 Å². The lowest BCUT2D eigenvalue weighted by molar-refractivity contribution is 0.0777. The third-order valence-electron chi connectivity index (χ3n) is 4.95. The number of pyridine rings is 1. The highest BCUT2D eigenvalue weighted by Crippen LogP contribution is 2.32. The zero-order valence-electron chi connectivity index (χ0n) is 17.5. The third-order valence-corrected chi connectivity index (χ3v) is 6.13. The summed E-state index contributed by atoms with van der Waals surface area (Å²) in [5.74, 6) is 0.254. The number of hydrogen-bond donors (Lipinski definition) is 1. The molecule has 0 fully saturated rings. The number of aryl methyl sites for hydroxylation is 2. The van der Waals surface area contributed by atoms with Crippen LogP contribution in [-0.4, -0.2) is 32.8 Å². The van der Waals surface area contributed by atoms with E-state index in [9.17, 15) is 9.59 Å². The van der Waals surface area contributed by atoms with Crippen molar-refractivity contribution in [1.82, 2.24) is 19.9 Å². The van der Waals surface area contributed by atoms with E-state index in [1.165, 1.54) is 16.7 Å². The van der Waals surface area contributed by atoms with Gasteiger partial charge in [0.2, 0.25) is 0 Å². The molecule has 4 aromatic rings. The van der Waals surface area contributed by atoms with Crippen LogP contribution >= 0.6 is 11.8 Å². The Kier molecular flexibility index (Phi) is 5.86. The molecule has 2 heterocycles. The number of carbonyl (C=O) groups is 1. The summed E-state index contributed by atoms with van der Waals surface area (Å²) >= 11 is 1.48. The van der Waals surface area contributed by atoms with Crippen molar-refractivity contribution in [2.45, 2.75) is 30.3 Å². The number of benzene rings is 2. The van der Waals surface area contributed by atoms with E-state index in [2.05, 4.69) is 33.2 Å². The second-order valence-electron chi connectivity index (χ2n) is 7.42. The first-order valence-corrected chi connectivity index (χ1v) is 10.7. The van der Waals surface area contributed by atoms with Gasteiger partial charge in [0.1, 0.15) is 10.9 Å². The van der Waals surface area contributed by atoms with Gasteiger partial charge < -0.3 is 9.88 Å². The topological polar surface area (TPSA) is 79.0 Å². The Morgan fingerprint density at radius 1 is 1.10 bits per heavy atom. The van der Waals surface area contributed by atoms with Gasteiger partial charge in [-0.25, -0.2) is 9.97 Å². The van der Waals surface area contributed by atoms with Gasteiger partial charge in [-0.15, -0.1) is 0 Å². The van der Waals surface area contributed by atoms with Gasteiger partial charge in [-0.3, -0.25) is 9.59 Å². The van der Waals surface area contributed by atoms with Gasteiger partial charge in [-0.2, -0.15) is 0 Å². The minimum Gasteiger partial charge on any atom is -0.334 e. The largest absolute Gasteiger partial charge is 0.334 e. The van der Waals surface area contributed by atoms with Gasteiger partial charge in [0, 0.05) is 18.1 Å². The molecule has 0 aliphatic heterocycles. The Balaban J connectivity index is 1.60. The van der Waals surface area contributed by atoms with Crippen LogP contribution in [0.5, 0.6) is 0 Å². The number of hydrogen-bond acceptors (Lipinski definition) is 5. The highest BCUT2D eigenvalue weighted by atomic mass is 32.2. The molecule has 156 valence electrons. The molecule has 31 heavy (non-hydrogen) atoms. The lowest BCUT2D eigenvalue weighted by Crippen LogP contribution is -2.29. The number of nitrogens with one attached hydrogen (secondary N) is 1. The maximum absolute atomic E-state index is 13.2. The monoisotopic (exact) mass is 430 g/mol. The summed E-state index contributed by atoms with van der Waals surface area (Å²) in [7, 11) is 1.69. The molecule has 1 N–H and O–H groups in total. The minimum atomic E-state index is -0.214. The average molecular weight is 431 g/mol. The van der Waals surface area contributed by atoms with Crippen LogP contribution in [0.15, 0.2) is 75.5 Å². The first-order valence-electron chi connectivity index (χ1n) is 9.86. The van der Waals surface area contributed by atoms with E-state index < -0.39 is 0 Å². The lowest BCUT2D eigenvalue weighted by Gasteiger charge is -2.18. The molecule has 0 saturated carbocycles. The Morgan fingerprint density at radius 3 is 2.74 bits per heavy atom. The second kappa shape index (κ2) is 8.73. The number of aromatic nitrogens is 3. The van der Waals surface area contributed by atoms with Gasteiger partial charge in [-0.1, -0.05) is 36.0 Å². The highest BCUT2D eigenvalue weighted by Gasteiger charge is 2.19. The molecule has 6 nitrogen and oxygen atoms in total. The summed E-state index contributed by atoms with van der Waals surface area (Å²) in [4.78, 5) is 39.9. The van der Waals surface area contributed by atoms with Crippen molar-refractivity contribution in [3.63, 3.8) is 0 Å². The van der Waals surface area contributed by atoms with Gasteiger partial charge in [0.05, 0.1) is 23.0 Å². The number of para-hydroxylation sites is 1. The van der Waals surface area contributed by atoms with E-state index in [-0.39, 0.29) is 18.0 Å². The van der Waals surface area contributed by atoms with Gasteiger partial charge >= 0.3 is 0 Å². The highest BCUT2D eigenvalue weighted by molar-refractivity contribution is 7.99. The van der Waals surface area contributed by atoms with Crippen LogP contribution in [0.2, 0.25) is 0 Å². The predicted octanol–water partition coefficient (Wildman–Crippen LogP) is 4.36. The Hall–Kier alpha value is -3.45. The Labute approximate surface area is 184 Å². The quantitative estimate of drug-likeness (QED) is 0.509. The first-order chi connectivity index (χ1) is 14.9. The number of aromatic amines is 1. The predicted molar refractivity (Wildman–Crippen MR) is 122 cm³/mol. The van der Waals surface area contributed by atoms with Crippen LogP contribution in [0.4, 0.5) is 0 Å². The number of amides is 1. The van der Waals surface area contributed by atoms with Crippen molar-refractivity contribution in [3.05, 3.63) is 93.7 Å². The summed E-state index contributed by atoms with van der Waals surface area (Å²) in [5, 5.41) is 1.17. The molecule has 0 aliphatic carbocycles. The summed E-state index contributed by atoms with van der Waals surface area (Å²) in [6, 6.07) is 16.9. The molecule has 4 rings (SSSR count). The molecular formula is C24H22N4O2S. The molecule has 2 aromatic carbocycles. The zero-order chi connectivity index (χ0) is 22.0. The molecular weight excluding hydrogens is 408 g/mol. The van der Waals surface area contributed by atoms with Crippen molar-refractivity contribution < 1.29 is 4.79 Å². The smallest absolute Gasteiger partial charge is 0.258 e. The van der Waals surface area contributed by atoms with Gasteiger partial charge in [0.15, 0.2) is 0 Å². The standard InChI is InChI=1S/C24H22N4O2S/c1-15-10-11-16(2)20(13-15)31-23-18(8-6-12-25-23)24(30)28(3)14-21-26-19-9-5-4-7-17(19)22(29)27-21/h4-13H,14H2,1-3H3,(H,26,27,29).